The molecule has 1 aliphatic rings. The van der Waals surface area contributed by atoms with Crippen molar-refractivity contribution in [3.05, 3.63) is 32.6 Å². The van der Waals surface area contributed by atoms with Crippen molar-refractivity contribution in [1.29, 1.82) is 0 Å². The third-order valence-corrected chi connectivity index (χ3v) is 3.73. The van der Waals surface area contributed by atoms with Gasteiger partial charge in [-0.2, -0.15) is 0 Å². The van der Waals surface area contributed by atoms with Gasteiger partial charge >= 0.3 is 5.69 Å². The van der Waals surface area contributed by atoms with Crippen LogP contribution in [-0.4, -0.2) is 58.3 Å². The Labute approximate surface area is 126 Å². The Hall–Kier alpha value is -1.52. The van der Waals surface area contributed by atoms with E-state index in [0.717, 1.165) is 0 Å². The zero-order chi connectivity index (χ0) is 16.3. The molecule has 0 unspecified atom stereocenters. The van der Waals surface area contributed by atoms with Crippen molar-refractivity contribution in [2.45, 2.75) is 37.4 Å². The van der Waals surface area contributed by atoms with Crippen LogP contribution in [0.1, 0.15) is 18.2 Å². The third kappa shape index (κ3) is 3.13. The van der Waals surface area contributed by atoms with Crippen LogP contribution < -0.4 is 17.0 Å². The van der Waals surface area contributed by atoms with Crippen LogP contribution in [0.3, 0.4) is 0 Å². The van der Waals surface area contributed by atoms with E-state index in [1.54, 1.807) is 0 Å². The van der Waals surface area contributed by atoms with Crippen LogP contribution in [0.2, 0.25) is 0 Å². The molecule has 2 rings (SSSR count). The standard InChI is InChI=1S/C13H21N3O6/c1-21-10-9(18)8(6-17)22-12(10)16-5-7(3-2-4-14)11(19)15-13(16)20/h5,8-10,12,17-18H,2-4,6,14H2,1H3,(H,15,19,20)/t8-,9-,10-,12-/m1/s1. The van der Waals surface area contributed by atoms with E-state index in [1.165, 1.54) is 17.9 Å². The summed E-state index contributed by atoms with van der Waals surface area (Å²) in [7, 11) is 1.37. The number of hydrogen-bond donors (Lipinski definition) is 4. The van der Waals surface area contributed by atoms with Gasteiger partial charge in [-0.25, -0.2) is 4.79 Å². The number of H-pyrrole nitrogens is 1. The molecule has 1 aromatic rings. The summed E-state index contributed by atoms with van der Waals surface area (Å²) in [6.07, 6.45) is -1.29. The van der Waals surface area contributed by atoms with E-state index in [9.17, 15) is 19.8 Å². The Balaban J connectivity index is 2.38. The highest BCUT2D eigenvalue weighted by molar-refractivity contribution is 5.06. The Morgan fingerprint density at radius 3 is 2.82 bits per heavy atom. The van der Waals surface area contributed by atoms with Crippen LogP contribution in [0, 0.1) is 0 Å². The number of rotatable bonds is 6. The molecule has 1 saturated heterocycles. The number of aromatic nitrogens is 2. The lowest BCUT2D eigenvalue weighted by molar-refractivity contribution is -0.0626. The number of ether oxygens (including phenoxy) is 2. The summed E-state index contributed by atoms with van der Waals surface area (Å²) < 4.78 is 11.8. The molecule has 9 heteroatoms. The number of aliphatic hydroxyl groups is 2. The zero-order valence-corrected chi connectivity index (χ0v) is 12.3. The Bertz CT molecular complexity index is 613. The predicted molar refractivity (Wildman–Crippen MR) is 76.5 cm³/mol. The summed E-state index contributed by atoms with van der Waals surface area (Å²) >= 11 is 0. The van der Waals surface area contributed by atoms with E-state index < -0.39 is 42.4 Å². The highest BCUT2D eigenvalue weighted by Gasteiger charge is 2.45. The normalized spacial score (nSPS) is 28.2. The van der Waals surface area contributed by atoms with E-state index in [0.29, 0.717) is 24.9 Å². The molecule has 4 atom stereocenters. The molecular formula is C13H21N3O6. The number of aromatic amines is 1. The highest BCUT2D eigenvalue weighted by atomic mass is 16.6. The average molecular weight is 315 g/mol. The van der Waals surface area contributed by atoms with Gasteiger partial charge in [0.2, 0.25) is 0 Å². The summed E-state index contributed by atoms with van der Waals surface area (Å²) in [6.45, 7) is 0.0140. The van der Waals surface area contributed by atoms with Gasteiger partial charge in [-0.3, -0.25) is 14.3 Å². The molecule has 22 heavy (non-hydrogen) atoms. The lowest BCUT2D eigenvalue weighted by Crippen LogP contribution is -2.39. The monoisotopic (exact) mass is 315 g/mol. The fourth-order valence-corrected chi connectivity index (χ4v) is 2.53. The minimum Gasteiger partial charge on any atom is -0.394 e. The van der Waals surface area contributed by atoms with Crippen molar-refractivity contribution in [3.63, 3.8) is 0 Å². The van der Waals surface area contributed by atoms with E-state index in [4.69, 9.17) is 15.2 Å². The number of nitrogens with two attached hydrogens (primary N) is 1. The molecule has 0 radical (unpaired) electrons. The number of aryl methyl sites for hydroxylation is 1. The zero-order valence-electron chi connectivity index (χ0n) is 12.3. The van der Waals surface area contributed by atoms with Crippen molar-refractivity contribution >= 4 is 0 Å². The third-order valence-electron chi connectivity index (χ3n) is 3.73. The van der Waals surface area contributed by atoms with E-state index in [-0.39, 0.29) is 0 Å². The average Bonchev–Trinajstić information content (AvgIpc) is 2.82. The molecule has 2 heterocycles. The van der Waals surface area contributed by atoms with Crippen molar-refractivity contribution < 1.29 is 19.7 Å². The maximum atomic E-state index is 12.0. The van der Waals surface area contributed by atoms with Gasteiger partial charge in [-0.05, 0) is 19.4 Å². The first-order chi connectivity index (χ1) is 10.5. The van der Waals surface area contributed by atoms with Gasteiger partial charge in [0, 0.05) is 18.9 Å². The smallest absolute Gasteiger partial charge is 0.330 e. The SMILES string of the molecule is CO[C@@H]1[C@H](O)[C@@H](CO)O[C@H]1n1cc(CCCN)c(=O)[nH]c1=O. The van der Waals surface area contributed by atoms with E-state index in [1.807, 2.05) is 0 Å². The molecule has 9 nitrogen and oxygen atoms in total. The summed E-state index contributed by atoms with van der Waals surface area (Å²) in [5.74, 6) is 0. The van der Waals surface area contributed by atoms with Gasteiger partial charge in [0.05, 0.1) is 6.61 Å². The maximum absolute atomic E-state index is 12.0. The highest BCUT2D eigenvalue weighted by Crippen LogP contribution is 2.30. The Morgan fingerprint density at radius 1 is 1.50 bits per heavy atom. The van der Waals surface area contributed by atoms with Crippen LogP contribution >= 0.6 is 0 Å². The van der Waals surface area contributed by atoms with Gasteiger partial charge < -0.3 is 25.4 Å². The summed E-state index contributed by atoms with van der Waals surface area (Å²) in [6, 6.07) is 0. The van der Waals surface area contributed by atoms with Gasteiger partial charge in [-0.1, -0.05) is 0 Å². The second-order valence-electron chi connectivity index (χ2n) is 5.15. The molecule has 0 aromatic carbocycles. The van der Waals surface area contributed by atoms with Crippen LogP contribution in [0.15, 0.2) is 15.8 Å². The Morgan fingerprint density at radius 2 is 2.23 bits per heavy atom. The van der Waals surface area contributed by atoms with Crippen LogP contribution in [0.25, 0.3) is 0 Å². The fraction of sp³-hybridized carbons (Fsp3) is 0.692. The second-order valence-corrected chi connectivity index (χ2v) is 5.15. The molecule has 124 valence electrons. The molecule has 0 amide bonds. The molecule has 1 aliphatic heterocycles. The molecule has 5 N–H and O–H groups in total. The quantitative estimate of drug-likeness (QED) is 0.462. The van der Waals surface area contributed by atoms with E-state index in [2.05, 4.69) is 4.98 Å². The lowest BCUT2D eigenvalue weighted by Gasteiger charge is -2.20. The molecule has 0 aliphatic carbocycles. The number of hydrogen-bond acceptors (Lipinski definition) is 7. The first kappa shape index (κ1) is 16.8. The van der Waals surface area contributed by atoms with Crippen molar-refractivity contribution in [3.8, 4) is 0 Å². The summed E-state index contributed by atoms with van der Waals surface area (Å²) in [5.41, 5.74) is 4.68. The van der Waals surface area contributed by atoms with Crippen LogP contribution in [0.5, 0.6) is 0 Å². The van der Waals surface area contributed by atoms with Gasteiger partial charge in [0.25, 0.3) is 5.56 Å². The number of nitrogens with one attached hydrogen (secondary N) is 1. The van der Waals surface area contributed by atoms with Crippen molar-refractivity contribution in [2.75, 3.05) is 20.3 Å². The Kier molecular flexibility index (Phi) is 5.48. The number of methoxy groups -OCH3 is 1. The largest absolute Gasteiger partial charge is 0.394 e. The minimum absolute atomic E-state index is 0.394. The van der Waals surface area contributed by atoms with Crippen molar-refractivity contribution in [1.82, 2.24) is 9.55 Å². The summed E-state index contributed by atoms with van der Waals surface area (Å²) in [5, 5.41) is 19.2. The van der Waals surface area contributed by atoms with Gasteiger partial charge in [-0.15, -0.1) is 0 Å². The van der Waals surface area contributed by atoms with Gasteiger partial charge in [0.1, 0.15) is 18.3 Å². The second kappa shape index (κ2) is 7.16. The van der Waals surface area contributed by atoms with Gasteiger partial charge in [0.15, 0.2) is 6.23 Å². The molecule has 1 fully saturated rings. The predicted octanol–water partition coefficient (Wildman–Crippen LogP) is -2.31. The molecule has 0 bridgehead atoms. The van der Waals surface area contributed by atoms with E-state index >= 15 is 0 Å². The molecule has 0 spiro atoms. The number of nitrogens with zero attached hydrogens (tertiary/aromatic N) is 1. The first-order valence-electron chi connectivity index (χ1n) is 7.05. The van der Waals surface area contributed by atoms with Crippen molar-refractivity contribution in [2.24, 2.45) is 5.73 Å². The number of aliphatic hydroxyl groups excluding tert-OH is 2. The minimum atomic E-state index is -1.08. The molecule has 0 saturated carbocycles. The molecule has 1 aromatic heterocycles. The first-order valence-corrected chi connectivity index (χ1v) is 7.05. The lowest BCUT2D eigenvalue weighted by atomic mass is 10.1. The van der Waals surface area contributed by atoms with Crippen LogP contribution in [-0.2, 0) is 15.9 Å². The molecular weight excluding hydrogens is 294 g/mol. The topological polar surface area (TPSA) is 140 Å². The fourth-order valence-electron chi connectivity index (χ4n) is 2.53. The summed E-state index contributed by atoms with van der Waals surface area (Å²) in [4.78, 5) is 26.0. The van der Waals surface area contributed by atoms with Crippen LogP contribution in [0.4, 0.5) is 0 Å². The maximum Gasteiger partial charge on any atom is 0.330 e.